The van der Waals surface area contributed by atoms with Gasteiger partial charge in [-0.2, -0.15) is 0 Å². The van der Waals surface area contributed by atoms with Gasteiger partial charge in [0.2, 0.25) is 0 Å². The van der Waals surface area contributed by atoms with Crippen molar-refractivity contribution in [1.82, 2.24) is 10.6 Å². The first-order valence-corrected chi connectivity index (χ1v) is 6.96. The Hall–Kier alpha value is -1.06. The van der Waals surface area contributed by atoms with Crippen LogP contribution in [-0.4, -0.2) is 25.0 Å². The fraction of sp³-hybridized carbons (Fsp3) is 0.533. The predicted octanol–water partition coefficient (Wildman–Crippen LogP) is 2.08. The van der Waals surface area contributed by atoms with Crippen LogP contribution in [0.2, 0.25) is 0 Å². The molecule has 1 aromatic carbocycles. The third-order valence-electron chi connectivity index (χ3n) is 3.99. The topological polar surface area (TPSA) is 41.1 Å². The number of nitrogens with one attached hydrogen (secondary N) is 2. The molecule has 1 aromatic rings. The molecule has 1 aliphatic carbocycles. The van der Waals surface area contributed by atoms with Gasteiger partial charge in [-0.1, -0.05) is 6.07 Å². The number of hydrogen-bond donors (Lipinski definition) is 2. The average Bonchev–Trinajstić information content (AvgIpc) is 2.87. The smallest absolute Gasteiger partial charge is 0.251 e. The number of halogens is 1. The predicted molar refractivity (Wildman–Crippen MR) is 79.1 cm³/mol. The van der Waals surface area contributed by atoms with Crippen LogP contribution in [0.3, 0.4) is 0 Å². The van der Waals surface area contributed by atoms with E-state index in [0.717, 1.165) is 37.9 Å². The number of carbonyl (C=O) groups is 1. The van der Waals surface area contributed by atoms with Crippen molar-refractivity contribution in [3.05, 3.63) is 34.9 Å². The molecule has 1 fully saturated rings. The van der Waals surface area contributed by atoms with Gasteiger partial charge in [-0.25, -0.2) is 0 Å². The van der Waals surface area contributed by atoms with E-state index < -0.39 is 0 Å². The summed E-state index contributed by atoms with van der Waals surface area (Å²) < 4.78 is 0. The zero-order chi connectivity index (χ0) is 12.4. The van der Waals surface area contributed by atoms with Crippen LogP contribution in [0, 0.1) is 0 Å². The summed E-state index contributed by atoms with van der Waals surface area (Å²) in [5, 5.41) is 6.44. The molecule has 2 N–H and O–H groups in total. The molecular weight excluding hydrogens is 260 g/mol. The van der Waals surface area contributed by atoms with Crippen LogP contribution in [0.15, 0.2) is 18.2 Å². The van der Waals surface area contributed by atoms with Crippen molar-refractivity contribution < 1.29 is 4.79 Å². The lowest BCUT2D eigenvalue weighted by Crippen LogP contribution is -2.45. The Bertz CT molecular complexity index is 455. The molecule has 4 heteroatoms. The Morgan fingerprint density at radius 3 is 2.84 bits per heavy atom. The van der Waals surface area contributed by atoms with Gasteiger partial charge in [-0.15, -0.1) is 12.4 Å². The van der Waals surface area contributed by atoms with Crippen LogP contribution in [0.4, 0.5) is 0 Å². The summed E-state index contributed by atoms with van der Waals surface area (Å²) in [5.41, 5.74) is 3.61. The second-order valence-corrected chi connectivity index (χ2v) is 5.35. The minimum absolute atomic E-state index is 0. The molecule has 1 aliphatic heterocycles. The molecule has 0 radical (unpaired) electrons. The van der Waals surface area contributed by atoms with Crippen molar-refractivity contribution >= 4 is 18.3 Å². The number of aryl methyl sites for hydroxylation is 2. The fourth-order valence-corrected chi connectivity index (χ4v) is 2.96. The summed E-state index contributed by atoms with van der Waals surface area (Å²) in [6.07, 6.45) is 5.76. The van der Waals surface area contributed by atoms with E-state index in [1.165, 1.54) is 24.0 Å². The summed E-state index contributed by atoms with van der Waals surface area (Å²) in [4.78, 5) is 12.2. The van der Waals surface area contributed by atoms with Gasteiger partial charge in [0, 0.05) is 18.2 Å². The highest BCUT2D eigenvalue weighted by Crippen LogP contribution is 2.22. The zero-order valence-electron chi connectivity index (χ0n) is 11.1. The summed E-state index contributed by atoms with van der Waals surface area (Å²) in [7, 11) is 0. The van der Waals surface area contributed by atoms with Gasteiger partial charge < -0.3 is 10.6 Å². The minimum Gasteiger partial charge on any atom is -0.348 e. The highest BCUT2D eigenvalue weighted by molar-refractivity contribution is 5.94. The molecule has 0 spiro atoms. The van der Waals surface area contributed by atoms with Crippen molar-refractivity contribution in [3.63, 3.8) is 0 Å². The highest BCUT2D eigenvalue weighted by atomic mass is 35.5. The van der Waals surface area contributed by atoms with E-state index in [0.29, 0.717) is 6.04 Å². The third-order valence-corrected chi connectivity index (χ3v) is 3.99. The Balaban J connectivity index is 0.00000133. The number of piperidine rings is 1. The fourth-order valence-electron chi connectivity index (χ4n) is 2.96. The van der Waals surface area contributed by atoms with Gasteiger partial charge in [0.05, 0.1) is 0 Å². The summed E-state index contributed by atoms with van der Waals surface area (Å²) in [6.45, 7) is 1.97. The van der Waals surface area contributed by atoms with Gasteiger partial charge in [0.15, 0.2) is 0 Å². The summed E-state index contributed by atoms with van der Waals surface area (Å²) in [6, 6.07) is 6.46. The SMILES string of the molecule is Cl.O=C(N[C@H]1CCCNC1)c1ccc2c(c1)CCC2. The Morgan fingerprint density at radius 1 is 1.21 bits per heavy atom. The van der Waals surface area contributed by atoms with E-state index in [9.17, 15) is 4.79 Å². The van der Waals surface area contributed by atoms with E-state index in [2.05, 4.69) is 22.8 Å². The minimum atomic E-state index is 0. The highest BCUT2D eigenvalue weighted by Gasteiger charge is 2.18. The largest absolute Gasteiger partial charge is 0.348 e. The Kier molecular flexibility index (Phi) is 4.83. The van der Waals surface area contributed by atoms with Crippen LogP contribution < -0.4 is 10.6 Å². The van der Waals surface area contributed by atoms with Gasteiger partial charge in [-0.05, 0) is 61.9 Å². The second-order valence-electron chi connectivity index (χ2n) is 5.35. The quantitative estimate of drug-likeness (QED) is 0.871. The van der Waals surface area contributed by atoms with Crippen LogP contribution in [0.1, 0.15) is 40.7 Å². The standard InChI is InChI=1S/C15H20N2O.ClH/c18-15(17-14-5-2-8-16-10-14)13-7-6-11-3-1-4-12(11)9-13;/h6-7,9,14,16H,1-5,8,10H2,(H,17,18);1H/t14-;/m0./s1. The maximum atomic E-state index is 12.2. The molecule has 19 heavy (non-hydrogen) atoms. The molecule has 1 atom stereocenters. The number of hydrogen-bond acceptors (Lipinski definition) is 2. The molecule has 1 heterocycles. The van der Waals surface area contributed by atoms with Gasteiger partial charge >= 0.3 is 0 Å². The van der Waals surface area contributed by atoms with E-state index in [1.54, 1.807) is 0 Å². The van der Waals surface area contributed by atoms with Crippen LogP contribution in [0.5, 0.6) is 0 Å². The van der Waals surface area contributed by atoms with Crippen LogP contribution in [0.25, 0.3) is 0 Å². The molecule has 1 amide bonds. The number of benzene rings is 1. The lowest BCUT2D eigenvalue weighted by atomic mass is 10.0. The molecule has 3 rings (SSSR count). The maximum absolute atomic E-state index is 12.2. The molecule has 1 saturated heterocycles. The molecule has 0 saturated carbocycles. The lowest BCUT2D eigenvalue weighted by molar-refractivity contribution is 0.0930. The van der Waals surface area contributed by atoms with E-state index in [1.807, 2.05) is 6.07 Å². The summed E-state index contributed by atoms with van der Waals surface area (Å²) >= 11 is 0. The van der Waals surface area contributed by atoms with E-state index >= 15 is 0 Å². The number of fused-ring (bicyclic) bond motifs is 1. The monoisotopic (exact) mass is 280 g/mol. The molecule has 2 aliphatic rings. The van der Waals surface area contributed by atoms with E-state index in [-0.39, 0.29) is 18.3 Å². The van der Waals surface area contributed by atoms with Gasteiger partial charge in [-0.3, -0.25) is 4.79 Å². The number of amides is 1. The lowest BCUT2D eigenvalue weighted by Gasteiger charge is -2.23. The molecule has 0 aromatic heterocycles. The van der Waals surface area contributed by atoms with E-state index in [4.69, 9.17) is 0 Å². The first kappa shape index (κ1) is 14.4. The third kappa shape index (κ3) is 3.28. The maximum Gasteiger partial charge on any atom is 0.251 e. The van der Waals surface area contributed by atoms with Gasteiger partial charge in [0.1, 0.15) is 0 Å². The van der Waals surface area contributed by atoms with Crippen molar-refractivity contribution in [2.45, 2.75) is 38.1 Å². The zero-order valence-corrected chi connectivity index (χ0v) is 11.9. The first-order valence-electron chi connectivity index (χ1n) is 6.96. The Labute approximate surface area is 120 Å². The second kappa shape index (κ2) is 6.40. The molecule has 0 unspecified atom stereocenters. The van der Waals surface area contributed by atoms with Crippen LogP contribution in [-0.2, 0) is 12.8 Å². The van der Waals surface area contributed by atoms with Crippen LogP contribution >= 0.6 is 12.4 Å². The Morgan fingerprint density at radius 2 is 2.05 bits per heavy atom. The van der Waals surface area contributed by atoms with Crippen molar-refractivity contribution in [3.8, 4) is 0 Å². The van der Waals surface area contributed by atoms with Crippen molar-refractivity contribution in [2.75, 3.05) is 13.1 Å². The molecule has 3 nitrogen and oxygen atoms in total. The molecule has 104 valence electrons. The van der Waals surface area contributed by atoms with Crippen molar-refractivity contribution in [2.24, 2.45) is 0 Å². The molecule has 0 bridgehead atoms. The number of rotatable bonds is 2. The van der Waals surface area contributed by atoms with Gasteiger partial charge in [0.25, 0.3) is 5.91 Å². The first-order chi connectivity index (χ1) is 8.83. The van der Waals surface area contributed by atoms with Crippen molar-refractivity contribution in [1.29, 1.82) is 0 Å². The number of carbonyl (C=O) groups excluding carboxylic acids is 1. The normalized spacial score (nSPS) is 21.4. The summed E-state index contributed by atoms with van der Waals surface area (Å²) in [5.74, 6) is 0.0819. The molecular formula is C15H21ClN2O. The average molecular weight is 281 g/mol.